The number of ether oxygens (including phenoxy) is 1. The van der Waals surface area contributed by atoms with Gasteiger partial charge >= 0.3 is 6.09 Å². The summed E-state index contributed by atoms with van der Waals surface area (Å²) in [7, 11) is 0. The Bertz CT molecular complexity index is 1060. The molecule has 1 N–H and O–H groups in total. The summed E-state index contributed by atoms with van der Waals surface area (Å²) < 4.78 is 5.76. The Morgan fingerprint density at radius 2 is 1.94 bits per heavy atom. The fourth-order valence-electron chi connectivity index (χ4n) is 4.61. The molecule has 0 bridgehead atoms. The zero-order valence-electron chi connectivity index (χ0n) is 19.1. The Kier molecular flexibility index (Phi) is 6.10. The van der Waals surface area contributed by atoms with Gasteiger partial charge in [-0.2, -0.15) is 0 Å². The maximum atomic E-state index is 12.9. The van der Waals surface area contributed by atoms with Crippen LogP contribution in [0.25, 0.3) is 0 Å². The van der Waals surface area contributed by atoms with Crippen molar-refractivity contribution in [3.63, 3.8) is 0 Å². The molecular formula is C25H29N3O5. The highest BCUT2D eigenvalue weighted by Crippen LogP contribution is 2.53. The standard InChI is InChI=1S/C25H29N3O5/c1-16(2)19-5-4-6-20(14-19)25(11-12-25)27-15-23(33-24(27)30)22(26-17(3)29)13-18-7-9-21(10-8-18)28(31)32/h4-10,14,16,22-23H,11-13,15H2,1-3H3,(H,26,29)/t22-,23?/m0/s1. The first-order valence-electron chi connectivity index (χ1n) is 11.3. The van der Waals surface area contributed by atoms with Crippen LogP contribution in [0.15, 0.2) is 48.5 Å². The number of carbonyl (C=O) groups excluding carboxylic acids is 2. The van der Waals surface area contributed by atoms with Gasteiger partial charge in [0.25, 0.3) is 5.69 Å². The number of amides is 2. The quantitative estimate of drug-likeness (QED) is 0.477. The van der Waals surface area contributed by atoms with E-state index in [9.17, 15) is 19.7 Å². The molecule has 2 aliphatic rings. The van der Waals surface area contributed by atoms with Crippen LogP contribution in [0.5, 0.6) is 0 Å². The fourth-order valence-corrected chi connectivity index (χ4v) is 4.61. The Morgan fingerprint density at radius 1 is 1.24 bits per heavy atom. The number of benzene rings is 2. The van der Waals surface area contributed by atoms with Crippen molar-refractivity contribution in [3.8, 4) is 0 Å². The van der Waals surface area contributed by atoms with Gasteiger partial charge in [-0.05, 0) is 41.9 Å². The van der Waals surface area contributed by atoms with E-state index in [1.54, 1.807) is 12.1 Å². The number of nitrogens with one attached hydrogen (secondary N) is 1. The van der Waals surface area contributed by atoms with Crippen molar-refractivity contribution in [3.05, 3.63) is 75.3 Å². The van der Waals surface area contributed by atoms with Gasteiger partial charge in [-0.3, -0.25) is 19.8 Å². The molecule has 1 saturated heterocycles. The molecule has 0 aromatic heterocycles. The number of nitrogens with zero attached hydrogens (tertiary/aromatic N) is 2. The van der Waals surface area contributed by atoms with E-state index in [0.29, 0.717) is 18.9 Å². The van der Waals surface area contributed by atoms with E-state index < -0.39 is 17.1 Å². The number of rotatable bonds is 8. The predicted molar refractivity (Wildman–Crippen MR) is 123 cm³/mol. The zero-order valence-corrected chi connectivity index (χ0v) is 19.1. The van der Waals surface area contributed by atoms with Crippen LogP contribution in [0.4, 0.5) is 10.5 Å². The summed E-state index contributed by atoms with van der Waals surface area (Å²) in [6.45, 7) is 6.10. The number of hydrogen-bond donors (Lipinski definition) is 1. The van der Waals surface area contributed by atoms with Gasteiger partial charge in [0, 0.05) is 19.1 Å². The van der Waals surface area contributed by atoms with Crippen LogP contribution >= 0.6 is 0 Å². The van der Waals surface area contributed by atoms with Crippen LogP contribution in [-0.4, -0.2) is 40.5 Å². The number of nitro groups is 1. The van der Waals surface area contributed by atoms with Gasteiger partial charge in [0.15, 0.2) is 0 Å². The summed E-state index contributed by atoms with van der Waals surface area (Å²) >= 11 is 0. The lowest BCUT2D eigenvalue weighted by Crippen LogP contribution is -2.46. The summed E-state index contributed by atoms with van der Waals surface area (Å²) in [5.74, 6) is 0.173. The molecule has 4 rings (SSSR count). The van der Waals surface area contributed by atoms with Crippen LogP contribution in [0.2, 0.25) is 0 Å². The third-order valence-electron chi connectivity index (χ3n) is 6.61. The highest BCUT2D eigenvalue weighted by Gasteiger charge is 2.56. The lowest BCUT2D eigenvalue weighted by atomic mass is 9.95. The van der Waals surface area contributed by atoms with E-state index in [4.69, 9.17) is 4.74 Å². The number of cyclic esters (lactones) is 1. The largest absolute Gasteiger partial charge is 0.442 e. The molecule has 8 heteroatoms. The molecule has 2 fully saturated rings. The SMILES string of the molecule is CC(=O)N[C@@H](Cc1ccc([N+](=O)[O-])cc1)C1CN(C2(c3cccc(C(C)C)c3)CC2)C(=O)O1. The van der Waals surface area contributed by atoms with Gasteiger partial charge < -0.3 is 10.1 Å². The van der Waals surface area contributed by atoms with Crippen molar-refractivity contribution in [2.75, 3.05) is 6.54 Å². The number of nitro benzene ring substituents is 1. The highest BCUT2D eigenvalue weighted by atomic mass is 16.6. The third-order valence-corrected chi connectivity index (χ3v) is 6.61. The number of carbonyl (C=O) groups is 2. The molecule has 1 aliphatic heterocycles. The van der Waals surface area contributed by atoms with E-state index in [1.807, 2.05) is 11.0 Å². The number of non-ortho nitro benzene ring substituents is 1. The minimum atomic E-state index is -0.512. The average Bonchev–Trinajstić information content (AvgIpc) is 3.49. The van der Waals surface area contributed by atoms with Crippen LogP contribution in [0.1, 0.15) is 56.2 Å². The molecule has 33 heavy (non-hydrogen) atoms. The van der Waals surface area contributed by atoms with Crippen molar-refractivity contribution in [1.82, 2.24) is 10.2 Å². The minimum Gasteiger partial charge on any atom is -0.442 e. The van der Waals surface area contributed by atoms with Gasteiger partial charge in [-0.25, -0.2) is 4.79 Å². The second-order valence-corrected chi connectivity index (χ2v) is 9.28. The van der Waals surface area contributed by atoms with Crippen molar-refractivity contribution in [2.45, 2.75) is 63.6 Å². The summed E-state index contributed by atoms with van der Waals surface area (Å²) in [5.41, 5.74) is 2.83. The first kappa shape index (κ1) is 22.8. The first-order valence-corrected chi connectivity index (χ1v) is 11.3. The summed E-state index contributed by atoms with van der Waals surface area (Å²) in [6.07, 6.45) is 1.28. The topological polar surface area (TPSA) is 102 Å². The summed E-state index contributed by atoms with van der Waals surface area (Å²) in [5, 5.41) is 13.8. The van der Waals surface area contributed by atoms with Crippen molar-refractivity contribution in [1.29, 1.82) is 0 Å². The lowest BCUT2D eigenvalue weighted by Gasteiger charge is -2.28. The van der Waals surface area contributed by atoms with Crippen LogP contribution < -0.4 is 5.32 Å². The van der Waals surface area contributed by atoms with E-state index >= 15 is 0 Å². The van der Waals surface area contributed by atoms with Gasteiger partial charge in [0.1, 0.15) is 6.10 Å². The van der Waals surface area contributed by atoms with Crippen LogP contribution in [0, 0.1) is 10.1 Å². The summed E-state index contributed by atoms with van der Waals surface area (Å²) in [4.78, 5) is 37.1. The van der Waals surface area contributed by atoms with E-state index in [1.165, 1.54) is 24.6 Å². The molecule has 2 atom stereocenters. The van der Waals surface area contributed by atoms with Gasteiger partial charge in [-0.1, -0.05) is 50.2 Å². The van der Waals surface area contributed by atoms with Crippen molar-refractivity contribution in [2.24, 2.45) is 0 Å². The molecule has 0 radical (unpaired) electrons. The molecule has 174 valence electrons. The predicted octanol–water partition coefficient (Wildman–Crippen LogP) is 4.28. The zero-order chi connectivity index (χ0) is 23.8. The molecule has 2 amide bonds. The van der Waals surface area contributed by atoms with Crippen LogP contribution in [-0.2, 0) is 21.5 Å². The Balaban J connectivity index is 1.53. The first-order chi connectivity index (χ1) is 15.7. The van der Waals surface area contributed by atoms with Gasteiger partial charge in [0.05, 0.1) is 23.0 Å². The normalized spacial score (nSPS) is 19.8. The maximum absolute atomic E-state index is 12.9. The third kappa shape index (κ3) is 4.69. The monoisotopic (exact) mass is 451 g/mol. The number of hydrogen-bond acceptors (Lipinski definition) is 5. The second kappa shape index (κ2) is 8.84. The van der Waals surface area contributed by atoms with E-state index in [-0.39, 0.29) is 23.2 Å². The van der Waals surface area contributed by atoms with Crippen LogP contribution in [0.3, 0.4) is 0 Å². The van der Waals surface area contributed by atoms with E-state index in [0.717, 1.165) is 24.0 Å². The molecule has 1 saturated carbocycles. The highest BCUT2D eigenvalue weighted by molar-refractivity contribution is 5.75. The molecule has 1 heterocycles. The molecule has 2 aromatic rings. The Hall–Kier alpha value is -3.42. The molecule has 0 spiro atoms. The molecule has 2 aromatic carbocycles. The fraction of sp³-hybridized carbons (Fsp3) is 0.440. The average molecular weight is 452 g/mol. The molecular weight excluding hydrogens is 422 g/mol. The molecule has 1 aliphatic carbocycles. The van der Waals surface area contributed by atoms with Crippen molar-refractivity contribution >= 4 is 17.7 Å². The Morgan fingerprint density at radius 3 is 2.52 bits per heavy atom. The smallest absolute Gasteiger partial charge is 0.411 e. The molecule has 8 nitrogen and oxygen atoms in total. The van der Waals surface area contributed by atoms with Gasteiger partial charge in [-0.15, -0.1) is 0 Å². The second-order valence-electron chi connectivity index (χ2n) is 9.28. The summed E-state index contributed by atoms with van der Waals surface area (Å²) in [6, 6.07) is 14.2. The minimum absolute atomic E-state index is 0.00704. The Labute approximate surface area is 193 Å². The maximum Gasteiger partial charge on any atom is 0.411 e. The van der Waals surface area contributed by atoms with Gasteiger partial charge in [0.2, 0.25) is 5.91 Å². The van der Waals surface area contributed by atoms with Crippen molar-refractivity contribution < 1.29 is 19.2 Å². The van der Waals surface area contributed by atoms with E-state index in [2.05, 4.69) is 37.4 Å². The molecule has 1 unspecified atom stereocenters. The lowest BCUT2D eigenvalue weighted by molar-refractivity contribution is -0.384.